The van der Waals surface area contributed by atoms with E-state index in [0.29, 0.717) is 31.3 Å². The molecule has 1 aromatic heterocycles. The highest BCUT2D eigenvalue weighted by Gasteiger charge is 2.18. The molecule has 0 atom stereocenters. The van der Waals surface area contributed by atoms with Crippen molar-refractivity contribution in [3.8, 4) is 5.75 Å². The summed E-state index contributed by atoms with van der Waals surface area (Å²) in [5.74, 6) is 1.21. The van der Waals surface area contributed by atoms with Gasteiger partial charge >= 0.3 is 0 Å². The summed E-state index contributed by atoms with van der Waals surface area (Å²) in [6, 6.07) is 8.19. The zero-order valence-electron chi connectivity index (χ0n) is 21.3. The quantitative estimate of drug-likeness (QED) is 0.438. The van der Waals surface area contributed by atoms with Crippen LogP contribution in [0.25, 0.3) is 0 Å². The van der Waals surface area contributed by atoms with Crippen LogP contribution < -0.4 is 10.1 Å². The average molecular weight is 502 g/mol. The number of nitrogens with one attached hydrogen (secondary N) is 1. The molecule has 36 heavy (non-hydrogen) atoms. The third-order valence-corrected chi connectivity index (χ3v) is 6.44. The summed E-state index contributed by atoms with van der Waals surface area (Å²) in [4.78, 5) is 24.1. The molecule has 1 N–H and O–H groups in total. The van der Waals surface area contributed by atoms with E-state index in [4.69, 9.17) is 18.6 Å². The first-order valence-electron chi connectivity index (χ1n) is 13.0. The van der Waals surface area contributed by atoms with Crippen molar-refractivity contribution >= 4 is 5.91 Å². The number of nitrogens with zero attached hydrogens (tertiary/aromatic N) is 4. The fraction of sp³-hybridized carbons (Fsp3) is 0.615. The molecule has 2 fully saturated rings. The fourth-order valence-corrected chi connectivity index (χ4v) is 4.36. The Morgan fingerprint density at radius 3 is 2.33 bits per heavy atom. The van der Waals surface area contributed by atoms with Crippen molar-refractivity contribution in [1.29, 1.82) is 0 Å². The Kier molecular flexibility index (Phi) is 10.5. The van der Waals surface area contributed by atoms with E-state index in [-0.39, 0.29) is 5.91 Å². The predicted octanol–water partition coefficient (Wildman–Crippen LogP) is 1.47. The molecule has 2 aromatic rings. The molecule has 10 nitrogen and oxygen atoms in total. The van der Waals surface area contributed by atoms with Gasteiger partial charge < -0.3 is 23.9 Å². The monoisotopic (exact) mass is 501 g/mol. The lowest BCUT2D eigenvalue weighted by Gasteiger charge is -2.29. The average Bonchev–Trinajstić information content (AvgIpc) is 3.38. The van der Waals surface area contributed by atoms with Gasteiger partial charge in [0.25, 0.3) is 5.91 Å². The number of hydrogen-bond acceptors (Lipinski definition) is 9. The topological polar surface area (TPSA) is 92.5 Å². The lowest BCUT2D eigenvalue weighted by Crippen LogP contribution is -2.41. The standard InChI is InChI=1S/C26H39N5O5/c1-2-35-23-5-3-22(4-6-23)19-31(10-9-30-13-17-34-18-14-30)20-25-28-24(21-36-25)26(32)27-7-8-29-11-15-33-16-12-29/h3-6,21H,2,7-20H2,1H3,(H,27,32). The van der Waals surface area contributed by atoms with Crippen molar-refractivity contribution in [3.05, 3.63) is 47.7 Å². The van der Waals surface area contributed by atoms with Gasteiger partial charge in [0, 0.05) is 58.9 Å². The molecular formula is C26H39N5O5. The zero-order chi connectivity index (χ0) is 25.0. The first-order valence-corrected chi connectivity index (χ1v) is 13.0. The van der Waals surface area contributed by atoms with Crippen molar-refractivity contribution in [2.45, 2.75) is 20.0 Å². The van der Waals surface area contributed by atoms with Gasteiger partial charge in [-0.1, -0.05) is 12.1 Å². The lowest BCUT2D eigenvalue weighted by molar-refractivity contribution is 0.0320. The number of aromatic nitrogens is 1. The van der Waals surface area contributed by atoms with Crippen LogP contribution in [-0.4, -0.2) is 111 Å². The van der Waals surface area contributed by atoms with Gasteiger partial charge in [0.2, 0.25) is 5.89 Å². The van der Waals surface area contributed by atoms with Crippen LogP contribution in [0.1, 0.15) is 28.9 Å². The first-order chi connectivity index (χ1) is 17.7. The van der Waals surface area contributed by atoms with E-state index in [9.17, 15) is 4.79 Å². The van der Waals surface area contributed by atoms with Crippen molar-refractivity contribution in [2.24, 2.45) is 0 Å². The second-order valence-electron chi connectivity index (χ2n) is 9.08. The van der Waals surface area contributed by atoms with Crippen molar-refractivity contribution in [1.82, 2.24) is 25.0 Å². The summed E-state index contributed by atoms with van der Waals surface area (Å²) in [5, 5.41) is 2.95. The van der Waals surface area contributed by atoms with Gasteiger partial charge in [0.05, 0.1) is 39.6 Å². The predicted molar refractivity (Wildman–Crippen MR) is 135 cm³/mol. The molecule has 4 rings (SSSR count). The number of carbonyl (C=O) groups is 1. The number of rotatable bonds is 13. The van der Waals surface area contributed by atoms with Gasteiger partial charge in [-0.05, 0) is 24.6 Å². The first kappa shape index (κ1) is 26.6. The third-order valence-electron chi connectivity index (χ3n) is 6.44. The van der Waals surface area contributed by atoms with Crippen LogP contribution >= 0.6 is 0 Å². The highest BCUT2D eigenvalue weighted by Crippen LogP contribution is 2.16. The summed E-state index contributed by atoms with van der Waals surface area (Å²) in [6.07, 6.45) is 1.45. The van der Waals surface area contributed by atoms with E-state index >= 15 is 0 Å². The molecule has 0 bridgehead atoms. The Bertz CT molecular complexity index is 910. The number of amides is 1. The second kappa shape index (κ2) is 14.3. The number of oxazole rings is 1. The van der Waals surface area contributed by atoms with Gasteiger partial charge in [-0.15, -0.1) is 0 Å². The maximum absolute atomic E-state index is 12.6. The van der Waals surface area contributed by atoms with Crippen LogP contribution in [-0.2, 0) is 22.6 Å². The van der Waals surface area contributed by atoms with Crippen molar-refractivity contribution < 1.29 is 23.4 Å². The maximum atomic E-state index is 12.6. The Morgan fingerprint density at radius 1 is 1.00 bits per heavy atom. The zero-order valence-corrected chi connectivity index (χ0v) is 21.3. The molecule has 0 radical (unpaired) electrons. The minimum absolute atomic E-state index is 0.204. The van der Waals surface area contributed by atoms with E-state index < -0.39 is 0 Å². The van der Waals surface area contributed by atoms with Crippen LogP contribution in [0.4, 0.5) is 0 Å². The third kappa shape index (κ3) is 8.56. The lowest BCUT2D eigenvalue weighted by atomic mass is 10.2. The number of ether oxygens (including phenoxy) is 3. The van der Waals surface area contributed by atoms with E-state index in [1.807, 2.05) is 19.1 Å². The molecule has 2 aliphatic heterocycles. The molecule has 0 aliphatic carbocycles. The smallest absolute Gasteiger partial charge is 0.273 e. The summed E-state index contributed by atoms with van der Waals surface area (Å²) in [6.45, 7) is 13.8. The van der Waals surface area contributed by atoms with Crippen molar-refractivity contribution in [3.63, 3.8) is 0 Å². The normalized spacial score (nSPS) is 17.4. The van der Waals surface area contributed by atoms with Crippen LogP contribution in [0.15, 0.2) is 34.9 Å². The SMILES string of the molecule is CCOc1ccc(CN(CCN2CCOCC2)Cc2nc(C(=O)NCCN3CCOCC3)co2)cc1. The minimum Gasteiger partial charge on any atom is -0.494 e. The Balaban J connectivity index is 1.31. The largest absolute Gasteiger partial charge is 0.494 e. The molecule has 198 valence electrons. The Labute approximate surface area is 213 Å². The molecule has 1 amide bonds. The molecule has 2 saturated heterocycles. The summed E-state index contributed by atoms with van der Waals surface area (Å²) < 4.78 is 22.1. The van der Waals surface area contributed by atoms with E-state index in [2.05, 4.69) is 37.1 Å². The molecule has 3 heterocycles. The number of carbonyl (C=O) groups excluding carboxylic acids is 1. The molecule has 0 spiro atoms. The minimum atomic E-state index is -0.204. The van der Waals surface area contributed by atoms with Crippen LogP contribution in [0.5, 0.6) is 5.75 Å². The van der Waals surface area contributed by atoms with E-state index in [0.717, 1.165) is 84.5 Å². The second-order valence-corrected chi connectivity index (χ2v) is 9.08. The molecule has 10 heteroatoms. The summed E-state index contributed by atoms with van der Waals surface area (Å²) in [7, 11) is 0. The molecule has 2 aliphatic rings. The molecule has 0 unspecified atom stereocenters. The van der Waals surface area contributed by atoms with Gasteiger partial charge in [-0.2, -0.15) is 0 Å². The van der Waals surface area contributed by atoms with E-state index in [1.165, 1.54) is 11.8 Å². The highest BCUT2D eigenvalue weighted by molar-refractivity contribution is 5.91. The highest BCUT2D eigenvalue weighted by atomic mass is 16.5. The van der Waals surface area contributed by atoms with Crippen LogP contribution in [0.2, 0.25) is 0 Å². The molecule has 1 aromatic carbocycles. The Hall–Kier alpha value is -2.50. The van der Waals surface area contributed by atoms with Crippen LogP contribution in [0, 0.1) is 0 Å². The van der Waals surface area contributed by atoms with Gasteiger partial charge in [0.15, 0.2) is 5.69 Å². The number of benzene rings is 1. The van der Waals surface area contributed by atoms with Crippen LogP contribution in [0.3, 0.4) is 0 Å². The number of hydrogen-bond donors (Lipinski definition) is 1. The van der Waals surface area contributed by atoms with Gasteiger partial charge in [-0.3, -0.25) is 19.5 Å². The Morgan fingerprint density at radius 2 is 1.67 bits per heavy atom. The summed E-state index contributed by atoms with van der Waals surface area (Å²) in [5.41, 5.74) is 1.51. The maximum Gasteiger partial charge on any atom is 0.273 e. The van der Waals surface area contributed by atoms with Gasteiger partial charge in [-0.25, -0.2) is 4.98 Å². The number of morpholine rings is 2. The van der Waals surface area contributed by atoms with Gasteiger partial charge in [0.1, 0.15) is 12.0 Å². The molecular weight excluding hydrogens is 462 g/mol. The summed E-state index contributed by atoms with van der Waals surface area (Å²) >= 11 is 0. The van der Waals surface area contributed by atoms with E-state index in [1.54, 1.807) is 0 Å². The van der Waals surface area contributed by atoms with Crippen molar-refractivity contribution in [2.75, 3.05) is 85.4 Å². The molecule has 0 saturated carbocycles. The fourth-order valence-electron chi connectivity index (χ4n) is 4.36.